The molecule has 1 aromatic carbocycles. The summed E-state index contributed by atoms with van der Waals surface area (Å²) in [6.07, 6.45) is 3.85. The summed E-state index contributed by atoms with van der Waals surface area (Å²) in [5.41, 5.74) is 2.06. The van der Waals surface area contributed by atoms with Crippen LogP contribution < -0.4 is 10.1 Å². The van der Waals surface area contributed by atoms with E-state index in [4.69, 9.17) is 16.3 Å². The van der Waals surface area contributed by atoms with Crippen LogP contribution in [0.2, 0.25) is 5.02 Å². The average Bonchev–Trinajstić information content (AvgIpc) is 2.83. The number of aromatic amines is 1. The monoisotopic (exact) mass is 328 g/mol. The smallest absolute Gasteiger partial charge is 0.156 e. The van der Waals surface area contributed by atoms with Crippen LogP contribution in [-0.4, -0.2) is 11.6 Å². The number of H-pyrrole nitrogens is 1. The molecule has 5 heteroatoms. The Morgan fingerprint density at radius 2 is 2.28 bits per heavy atom. The minimum absolute atomic E-state index is 0.610. The van der Waals surface area contributed by atoms with Gasteiger partial charge in [-0.1, -0.05) is 11.6 Å². The molecule has 1 aromatic heterocycles. The molecule has 2 N–H and O–H groups in total. The van der Waals surface area contributed by atoms with Crippen LogP contribution in [0.25, 0.3) is 0 Å². The van der Waals surface area contributed by atoms with Crippen molar-refractivity contribution >= 4 is 33.2 Å². The lowest BCUT2D eigenvalue weighted by atomic mass is 10.2. The summed E-state index contributed by atoms with van der Waals surface area (Å²) in [5.74, 6) is 0.789. The van der Waals surface area contributed by atoms with Crippen LogP contribution in [0.1, 0.15) is 12.5 Å². The molecule has 0 bridgehead atoms. The van der Waals surface area contributed by atoms with Gasteiger partial charge in [0.1, 0.15) is 0 Å². The van der Waals surface area contributed by atoms with Crippen molar-refractivity contribution in [3.8, 4) is 5.75 Å². The van der Waals surface area contributed by atoms with E-state index in [1.165, 1.54) is 5.56 Å². The number of hydrogen-bond donors (Lipinski definition) is 2. The summed E-state index contributed by atoms with van der Waals surface area (Å²) >= 11 is 9.51. The van der Waals surface area contributed by atoms with Crippen LogP contribution in [0, 0.1) is 0 Å². The SMILES string of the molecule is CCOc1c(Br)cc(Cl)cc1NCc1cc[nH]c1. The van der Waals surface area contributed by atoms with Gasteiger partial charge in [-0.15, -0.1) is 0 Å². The first-order chi connectivity index (χ1) is 8.70. The molecule has 0 atom stereocenters. The van der Waals surface area contributed by atoms with E-state index in [9.17, 15) is 0 Å². The van der Waals surface area contributed by atoms with E-state index in [1.54, 1.807) is 0 Å². The molecular weight excluding hydrogens is 316 g/mol. The van der Waals surface area contributed by atoms with Gasteiger partial charge >= 0.3 is 0 Å². The minimum atomic E-state index is 0.610. The normalized spacial score (nSPS) is 10.4. The van der Waals surface area contributed by atoms with Crippen molar-refractivity contribution in [2.24, 2.45) is 0 Å². The highest BCUT2D eigenvalue weighted by molar-refractivity contribution is 9.10. The lowest BCUT2D eigenvalue weighted by Crippen LogP contribution is -2.03. The van der Waals surface area contributed by atoms with Gasteiger partial charge in [-0.3, -0.25) is 0 Å². The molecule has 0 saturated carbocycles. The molecule has 0 unspecified atom stereocenters. The van der Waals surface area contributed by atoms with E-state index in [0.29, 0.717) is 11.6 Å². The quantitative estimate of drug-likeness (QED) is 0.851. The van der Waals surface area contributed by atoms with Crippen LogP contribution in [0.5, 0.6) is 5.75 Å². The number of ether oxygens (including phenoxy) is 1. The summed E-state index contributed by atoms with van der Waals surface area (Å²) < 4.78 is 6.47. The van der Waals surface area contributed by atoms with Crippen molar-refractivity contribution in [1.29, 1.82) is 0 Å². The first kappa shape index (κ1) is 13.3. The van der Waals surface area contributed by atoms with Crippen LogP contribution in [0.3, 0.4) is 0 Å². The number of anilines is 1. The zero-order valence-electron chi connectivity index (χ0n) is 9.97. The van der Waals surface area contributed by atoms with Gasteiger partial charge in [0, 0.05) is 24.0 Å². The highest BCUT2D eigenvalue weighted by atomic mass is 79.9. The number of aromatic nitrogens is 1. The van der Waals surface area contributed by atoms with Crippen molar-refractivity contribution in [3.05, 3.63) is 45.7 Å². The lowest BCUT2D eigenvalue weighted by molar-refractivity contribution is 0.339. The average molecular weight is 330 g/mol. The maximum absolute atomic E-state index is 6.05. The highest BCUT2D eigenvalue weighted by Gasteiger charge is 2.09. The van der Waals surface area contributed by atoms with E-state index >= 15 is 0 Å². The Kier molecular flexibility index (Phi) is 4.55. The van der Waals surface area contributed by atoms with Gasteiger partial charge in [-0.2, -0.15) is 0 Å². The molecule has 0 aliphatic rings. The zero-order valence-corrected chi connectivity index (χ0v) is 12.3. The minimum Gasteiger partial charge on any atom is -0.491 e. The summed E-state index contributed by atoms with van der Waals surface area (Å²) in [6, 6.07) is 5.71. The van der Waals surface area contributed by atoms with E-state index in [0.717, 1.165) is 22.5 Å². The second-order valence-electron chi connectivity index (χ2n) is 3.77. The summed E-state index contributed by atoms with van der Waals surface area (Å²) in [7, 11) is 0. The van der Waals surface area contributed by atoms with Crippen molar-refractivity contribution in [3.63, 3.8) is 0 Å². The summed E-state index contributed by atoms with van der Waals surface area (Å²) in [5, 5.41) is 3.99. The van der Waals surface area contributed by atoms with Gasteiger partial charge in [0.15, 0.2) is 5.75 Å². The van der Waals surface area contributed by atoms with Crippen LogP contribution >= 0.6 is 27.5 Å². The molecule has 96 valence electrons. The first-order valence-electron chi connectivity index (χ1n) is 5.68. The second-order valence-corrected chi connectivity index (χ2v) is 5.06. The van der Waals surface area contributed by atoms with E-state index in [2.05, 4.69) is 26.2 Å². The fourth-order valence-corrected chi connectivity index (χ4v) is 2.57. The third kappa shape index (κ3) is 3.21. The Bertz CT molecular complexity index is 514. The maximum Gasteiger partial charge on any atom is 0.156 e. The van der Waals surface area contributed by atoms with E-state index in [1.807, 2.05) is 37.5 Å². The van der Waals surface area contributed by atoms with Crippen LogP contribution in [0.4, 0.5) is 5.69 Å². The van der Waals surface area contributed by atoms with Crippen LogP contribution in [-0.2, 0) is 6.54 Å². The highest BCUT2D eigenvalue weighted by Crippen LogP contribution is 2.36. The van der Waals surface area contributed by atoms with Gasteiger partial charge in [0.25, 0.3) is 0 Å². The number of nitrogens with one attached hydrogen (secondary N) is 2. The van der Waals surface area contributed by atoms with Gasteiger partial charge in [-0.05, 0) is 46.6 Å². The largest absolute Gasteiger partial charge is 0.491 e. The molecule has 0 fully saturated rings. The zero-order chi connectivity index (χ0) is 13.0. The Hall–Kier alpha value is -1.13. The predicted molar refractivity (Wildman–Crippen MR) is 78.4 cm³/mol. The number of halogens is 2. The first-order valence-corrected chi connectivity index (χ1v) is 6.85. The molecular formula is C13H14BrClN2O. The van der Waals surface area contributed by atoms with Crippen molar-refractivity contribution in [2.75, 3.05) is 11.9 Å². The molecule has 0 amide bonds. The van der Waals surface area contributed by atoms with Gasteiger partial charge in [-0.25, -0.2) is 0 Å². The molecule has 1 heterocycles. The number of rotatable bonds is 5. The molecule has 2 rings (SSSR count). The van der Waals surface area contributed by atoms with E-state index in [-0.39, 0.29) is 0 Å². The fourth-order valence-electron chi connectivity index (χ4n) is 1.65. The van der Waals surface area contributed by atoms with Gasteiger partial charge in [0.2, 0.25) is 0 Å². The van der Waals surface area contributed by atoms with Crippen molar-refractivity contribution in [2.45, 2.75) is 13.5 Å². The van der Waals surface area contributed by atoms with Crippen LogP contribution in [0.15, 0.2) is 35.1 Å². The molecule has 0 spiro atoms. The summed E-state index contributed by atoms with van der Waals surface area (Å²) in [6.45, 7) is 3.28. The van der Waals surface area contributed by atoms with Gasteiger partial charge in [0.05, 0.1) is 16.8 Å². The Morgan fingerprint density at radius 1 is 1.44 bits per heavy atom. The molecule has 0 radical (unpaired) electrons. The van der Waals surface area contributed by atoms with Gasteiger partial charge < -0.3 is 15.0 Å². The number of hydrogen-bond acceptors (Lipinski definition) is 2. The molecule has 2 aromatic rings. The van der Waals surface area contributed by atoms with Crippen molar-refractivity contribution < 1.29 is 4.74 Å². The molecule has 3 nitrogen and oxygen atoms in total. The molecule has 18 heavy (non-hydrogen) atoms. The van der Waals surface area contributed by atoms with Crippen molar-refractivity contribution in [1.82, 2.24) is 4.98 Å². The molecule has 0 saturated heterocycles. The maximum atomic E-state index is 6.05. The third-order valence-electron chi connectivity index (χ3n) is 2.44. The third-order valence-corrected chi connectivity index (χ3v) is 3.25. The standard InChI is InChI=1S/C13H14BrClN2O/c1-2-18-13-11(14)5-10(15)6-12(13)17-8-9-3-4-16-7-9/h3-7,16-17H,2,8H2,1H3. The predicted octanol–water partition coefficient (Wildman–Crippen LogP) is 4.44. The lowest BCUT2D eigenvalue weighted by Gasteiger charge is -2.14. The number of benzene rings is 1. The topological polar surface area (TPSA) is 37.0 Å². The Labute approximate surface area is 120 Å². The second kappa shape index (κ2) is 6.16. The summed E-state index contributed by atoms with van der Waals surface area (Å²) in [4.78, 5) is 3.02. The molecule has 0 aliphatic carbocycles. The molecule has 0 aliphatic heterocycles. The Morgan fingerprint density at radius 3 is 2.94 bits per heavy atom. The van der Waals surface area contributed by atoms with E-state index < -0.39 is 0 Å². The fraction of sp³-hybridized carbons (Fsp3) is 0.231. The Balaban J connectivity index is 2.19.